The Morgan fingerprint density at radius 1 is 1.35 bits per heavy atom. The molecule has 0 saturated carbocycles. The van der Waals surface area contributed by atoms with Gasteiger partial charge in [-0.25, -0.2) is 0 Å². The Kier molecular flexibility index (Phi) is 7.15. The van der Waals surface area contributed by atoms with Crippen LogP contribution in [0, 0.1) is 0 Å². The summed E-state index contributed by atoms with van der Waals surface area (Å²) in [5.41, 5.74) is 0.647. The molecule has 1 amide bonds. The van der Waals surface area contributed by atoms with Gasteiger partial charge < -0.3 is 15.4 Å². The number of hydrogen-bond acceptors (Lipinski definition) is 3. The summed E-state index contributed by atoms with van der Waals surface area (Å²) in [5.74, 6) is -0.410. The van der Waals surface area contributed by atoms with E-state index < -0.39 is 6.36 Å². The van der Waals surface area contributed by atoms with Crippen molar-refractivity contribution < 1.29 is 22.7 Å². The molecule has 8 heteroatoms. The third-order valence-corrected chi connectivity index (χ3v) is 3.51. The zero-order valence-corrected chi connectivity index (χ0v) is 13.5. The predicted octanol–water partition coefficient (Wildman–Crippen LogP) is 2.81. The number of carbonyl (C=O) groups is 1. The minimum Gasteiger partial charge on any atom is -0.406 e. The monoisotopic (exact) mass is 352 g/mol. The fraction of sp³-hybridized carbons (Fsp3) is 0.533. The molecule has 0 aliphatic carbocycles. The number of hydrogen-bond donors (Lipinski definition) is 2. The first kappa shape index (κ1) is 19.6. The number of carbonyl (C=O) groups excluding carboxylic acids is 1. The van der Waals surface area contributed by atoms with Crippen LogP contribution in [0.2, 0.25) is 0 Å². The summed E-state index contributed by atoms with van der Waals surface area (Å²) in [6.45, 7) is 2.94. The number of nitrogens with one attached hydrogen (secondary N) is 2. The van der Waals surface area contributed by atoms with E-state index in [1.807, 2.05) is 0 Å². The molecular formula is C15H20ClF3N2O2. The minimum atomic E-state index is -4.70. The van der Waals surface area contributed by atoms with E-state index in [-0.39, 0.29) is 36.5 Å². The predicted molar refractivity (Wildman–Crippen MR) is 82.7 cm³/mol. The Labute approximate surface area is 139 Å². The highest BCUT2D eigenvalue weighted by Crippen LogP contribution is 2.22. The largest absolute Gasteiger partial charge is 0.573 e. The molecule has 2 unspecified atom stereocenters. The lowest BCUT2D eigenvalue weighted by molar-refractivity contribution is -0.274. The van der Waals surface area contributed by atoms with E-state index in [1.54, 1.807) is 0 Å². The van der Waals surface area contributed by atoms with Crippen LogP contribution in [-0.4, -0.2) is 30.9 Å². The van der Waals surface area contributed by atoms with Gasteiger partial charge in [0.2, 0.25) is 5.91 Å². The second-order valence-corrected chi connectivity index (χ2v) is 5.51. The molecule has 1 aliphatic rings. The van der Waals surface area contributed by atoms with Crippen molar-refractivity contribution >= 4 is 18.3 Å². The molecule has 4 nitrogen and oxygen atoms in total. The summed E-state index contributed by atoms with van der Waals surface area (Å²) in [6, 6.07) is 5.87. The molecule has 1 aromatic rings. The van der Waals surface area contributed by atoms with Crippen molar-refractivity contribution in [3.8, 4) is 5.75 Å². The number of piperidine rings is 1. The molecule has 0 radical (unpaired) electrons. The van der Waals surface area contributed by atoms with E-state index in [2.05, 4.69) is 22.3 Å². The lowest BCUT2D eigenvalue weighted by Gasteiger charge is -2.28. The number of amides is 1. The topological polar surface area (TPSA) is 50.4 Å². The average molecular weight is 353 g/mol. The van der Waals surface area contributed by atoms with E-state index in [1.165, 1.54) is 24.3 Å². The van der Waals surface area contributed by atoms with Crippen molar-refractivity contribution in [2.75, 3.05) is 6.54 Å². The SMILES string of the molecule is CC1CC(NC(=O)Cc2ccc(OC(F)(F)F)cc2)CCN1.Cl. The molecule has 1 saturated heterocycles. The van der Waals surface area contributed by atoms with Crippen LogP contribution in [0.1, 0.15) is 25.3 Å². The van der Waals surface area contributed by atoms with Crippen molar-refractivity contribution in [1.29, 1.82) is 0 Å². The van der Waals surface area contributed by atoms with Gasteiger partial charge in [-0.1, -0.05) is 12.1 Å². The van der Waals surface area contributed by atoms with Gasteiger partial charge in [0.15, 0.2) is 0 Å². The van der Waals surface area contributed by atoms with E-state index in [0.29, 0.717) is 11.6 Å². The van der Waals surface area contributed by atoms with Gasteiger partial charge in [-0.05, 0) is 44.0 Å². The normalized spacial score (nSPS) is 21.2. The third-order valence-electron chi connectivity index (χ3n) is 3.51. The van der Waals surface area contributed by atoms with Crippen LogP contribution < -0.4 is 15.4 Å². The van der Waals surface area contributed by atoms with Crippen LogP contribution in [-0.2, 0) is 11.2 Å². The molecule has 23 heavy (non-hydrogen) atoms. The van der Waals surface area contributed by atoms with Crippen molar-refractivity contribution in [2.24, 2.45) is 0 Å². The quantitative estimate of drug-likeness (QED) is 0.876. The standard InChI is InChI=1S/C15H19F3N2O2.ClH/c1-10-8-12(6-7-19-10)20-14(21)9-11-2-4-13(5-3-11)22-15(16,17)18;/h2-5,10,12,19H,6-9H2,1H3,(H,20,21);1H. The van der Waals surface area contributed by atoms with Gasteiger partial charge in [-0.3, -0.25) is 4.79 Å². The van der Waals surface area contributed by atoms with Crippen molar-refractivity contribution in [3.63, 3.8) is 0 Å². The number of rotatable bonds is 4. The zero-order chi connectivity index (χ0) is 16.2. The van der Waals surface area contributed by atoms with Crippen LogP contribution in [0.5, 0.6) is 5.75 Å². The van der Waals surface area contributed by atoms with Crippen molar-refractivity contribution in [3.05, 3.63) is 29.8 Å². The maximum atomic E-state index is 12.1. The van der Waals surface area contributed by atoms with Crippen LogP contribution in [0.3, 0.4) is 0 Å². The Hall–Kier alpha value is -1.47. The summed E-state index contributed by atoms with van der Waals surface area (Å²) < 4.78 is 39.9. The first-order valence-corrected chi connectivity index (χ1v) is 7.19. The summed E-state index contributed by atoms with van der Waals surface area (Å²) in [7, 11) is 0. The lowest BCUT2D eigenvalue weighted by atomic mass is 10.0. The number of ether oxygens (including phenoxy) is 1. The summed E-state index contributed by atoms with van der Waals surface area (Å²) in [4.78, 5) is 12.0. The fourth-order valence-electron chi connectivity index (χ4n) is 2.54. The average Bonchev–Trinajstić information content (AvgIpc) is 2.39. The highest BCUT2D eigenvalue weighted by Gasteiger charge is 2.31. The Morgan fingerprint density at radius 2 is 2.00 bits per heavy atom. The van der Waals surface area contributed by atoms with Gasteiger partial charge in [-0.2, -0.15) is 0 Å². The Morgan fingerprint density at radius 3 is 2.57 bits per heavy atom. The van der Waals surface area contributed by atoms with Gasteiger partial charge in [0.1, 0.15) is 5.75 Å². The molecular weight excluding hydrogens is 333 g/mol. The fourth-order valence-corrected chi connectivity index (χ4v) is 2.54. The van der Waals surface area contributed by atoms with Crippen LogP contribution >= 0.6 is 12.4 Å². The van der Waals surface area contributed by atoms with E-state index in [4.69, 9.17) is 0 Å². The lowest BCUT2D eigenvalue weighted by Crippen LogP contribution is -2.46. The molecule has 0 spiro atoms. The summed E-state index contributed by atoms with van der Waals surface area (Å²) >= 11 is 0. The van der Waals surface area contributed by atoms with Crippen molar-refractivity contribution in [2.45, 2.75) is 44.6 Å². The van der Waals surface area contributed by atoms with Gasteiger partial charge in [0.05, 0.1) is 6.42 Å². The van der Waals surface area contributed by atoms with Crippen molar-refractivity contribution in [1.82, 2.24) is 10.6 Å². The molecule has 1 fully saturated rings. The molecule has 2 rings (SSSR count). The first-order chi connectivity index (χ1) is 10.3. The zero-order valence-electron chi connectivity index (χ0n) is 12.7. The second-order valence-electron chi connectivity index (χ2n) is 5.51. The van der Waals surface area contributed by atoms with E-state index in [9.17, 15) is 18.0 Å². The molecule has 130 valence electrons. The van der Waals surface area contributed by atoms with Gasteiger partial charge in [-0.15, -0.1) is 25.6 Å². The van der Waals surface area contributed by atoms with Gasteiger partial charge >= 0.3 is 6.36 Å². The van der Waals surface area contributed by atoms with Crippen LogP contribution in [0.15, 0.2) is 24.3 Å². The molecule has 0 bridgehead atoms. The molecule has 1 heterocycles. The van der Waals surface area contributed by atoms with E-state index in [0.717, 1.165) is 19.4 Å². The molecule has 1 aliphatic heterocycles. The number of benzene rings is 1. The second kappa shape index (κ2) is 8.40. The maximum absolute atomic E-state index is 12.1. The van der Waals surface area contributed by atoms with E-state index >= 15 is 0 Å². The molecule has 2 atom stereocenters. The first-order valence-electron chi connectivity index (χ1n) is 7.19. The highest BCUT2D eigenvalue weighted by molar-refractivity contribution is 5.85. The Balaban J connectivity index is 0.00000264. The Bertz CT molecular complexity index is 508. The van der Waals surface area contributed by atoms with Gasteiger partial charge in [0, 0.05) is 12.1 Å². The van der Waals surface area contributed by atoms with Gasteiger partial charge in [0.25, 0.3) is 0 Å². The minimum absolute atomic E-state index is 0. The highest BCUT2D eigenvalue weighted by atomic mass is 35.5. The molecule has 0 aromatic heterocycles. The molecule has 1 aromatic carbocycles. The smallest absolute Gasteiger partial charge is 0.406 e. The number of alkyl halides is 3. The molecule has 2 N–H and O–H groups in total. The summed E-state index contributed by atoms with van der Waals surface area (Å²) in [6.07, 6.45) is -2.80. The van der Waals surface area contributed by atoms with Crippen LogP contribution in [0.4, 0.5) is 13.2 Å². The number of halogens is 4. The summed E-state index contributed by atoms with van der Waals surface area (Å²) in [5, 5.41) is 6.26. The third kappa shape index (κ3) is 7.09. The maximum Gasteiger partial charge on any atom is 0.573 e. The van der Waals surface area contributed by atoms with Crippen LogP contribution in [0.25, 0.3) is 0 Å².